The summed E-state index contributed by atoms with van der Waals surface area (Å²) in [6.45, 7) is 3.65. The zero-order valence-electron chi connectivity index (χ0n) is 14.7. The van der Waals surface area contributed by atoms with Gasteiger partial charge in [-0.15, -0.1) is 11.3 Å². The molecule has 3 rings (SSSR count). The molecule has 2 unspecified atom stereocenters. The number of pyridine rings is 1. The van der Waals surface area contributed by atoms with Crippen LogP contribution < -0.4 is 5.14 Å². The number of fused-ring (bicyclic) bond motifs is 1. The molecule has 0 spiro atoms. The zero-order valence-corrected chi connectivity index (χ0v) is 17.1. The Kier molecular flexibility index (Phi) is 5.14. The Morgan fingerprint density at radius 1 is 1.41 bits per heavy atom. The molecule has 8 nitrogen and oxygen atoms in total. The number of nitrogens with zero attached hydrogens (tertiary/aromatic N) is 2. The van der Waals surface area contributed by atoms with Crippen LogP contribution in [0.25, 0.3) is 0 Å². The molecular weight excluding hydrogens is 410 g/mol. The molecule has 1 aliphatic rings. The van der Waals surface area contributed by atoms with E-state index >= 15 is 0 Å². The van der Waals surface area contributed by atoms with Gasteiger partial charge in [0.1, 0.15) is 14.1 Å². The van der Waals surface area contributed by atoms with E-state index < -0.39 is 31.2 Å². The van der Waals surface area contributed by atoms with Crippen molar-refractivity contribution >= 4 is 37.1 Å². The topological polar surface area (TPSA) is 128 Å². The van der Waals surface area contributed by atoms with E-state index in [9.17, 15) is 21.6 Å². The zero-order chi connectivity index (χ0) is 20.0. The molecule has 2 aromatic rings. The third-order valence-electron chi connectivity index (χ3n) is 4.55. The fourth-order valence-electron chi connectivity index (χ4n) is 3.15. The Balaban J connectivity index is 2.13. The minimum absolute atomic E-state index is 0.0393. The van der Waals surface area contributed by atoms with Gasteiger partial charge in [-0.3, -0.25) is 9.78 Å². The van der Waals surface area contributed by atoms with Crippen molar-refractivity contribution in [3.8, 4) is 0 Å². The Bertz CT molecular complexity index is 1080. The van der Waals surface area contributed by atoms with Crippen molar-refractivity contribution in [3.63, 3.8) is 0 Å². The predicted octanol–water partition coefficient (Wildman–Crippen LogP) is 1.56. The average Bonchev–Trinajstić information content (AvgIpc) is 3.08. The van der Waals surface area contributed by atoms with Gasteiger partial charge < -0.3 is 4.90 Å². The van der Waals surface area contributed by atoms with Crippen molar-refractivity contribution < 1.29 is 21.6 Å². The number of aromatic nitrogens is 1. The highest BCUT2D eigenvalue weighted by atomic mass is 32.3. The third-order valence-corrected chi connectivity index (χ3v) is 9.86. The molecule has 0 radical (unpaired) electrons. The molecule has 11 heteroatoms. The van der Waals surface area contributed by atoms with Crippen LogP contribution >= 0.6 is 11.3 Å². The van der Waals surface area contributed by atoms with Crippen LogP contribution in [0.3, 0.4) is 0 Å². The van der Waals surface area contributed by atoms with Crippen LogP contribution in [0, 0.1) is 0 Å². The maximum atomic E-state index is 12.9. The molecule has 0 aliphatic carbocycles. The molecule has 27 heavy (non-hydrogen) atoms. The first kappa shape index (κ1) is 19.9. The summed E-state index contributed by atoms with van der Waals surface area (Å²) in [5, 5.41) is 4.44. The quantitative estimate of drug-likeness (QED) is 0.785. The van der Waals surface area contributed by atoms with E-state index in [1.54, 1.807) is 32.0 Å². The number of carbonyl (C=O) groups excluding carboxylic acids is 1. The average molecular weight is 430 g/mol. The maximum absolute atomic E-state index is 12.9. The number of sulfone groups is 1. The molecule has 1 aliphatic heterocycles. The van der Waals surface area contributed by atoms with E-state index in [2.05, 4.69) is 4.98 Å². The lowest BCUT2D eigenvalue weighted by Crippen LogP contribution is -2.40. The highest BCUT2D eigenvalue weighted by molar-refractivity contribution is 7.95. The van der Waals surface area contributed by atoms with Crippen LogP contribution in [-0.4, -0.2) is 44.4 Å². The number of primary sulfonamides is 1. The first-order valence-electron chi connectivity index (χ1n) is 8.19. The molecule has 0 aromatic carbocycles. The number of amides is 1. The maximum Gasteiger partial charge on any atom is 0.272 e. The summed E-state index contributed by atoms with van der Waals surface area (Å²) in [5.74, 6) is -0.344. The Morgan fingerprint density at radius 2 is 2.11 bits per heavy atom. The third kappa shape index (κ3) is 3.51. The number of nitrogens with two attached hydrogens (primary N) is 1. The minimum Gasteiger partial charge on any atom is -0.330 e. The summed E-state index contributed by atoms with van der Waals surface area (Å²) in [6.07, 6.45) is 1.67. The number of rotatable bonds is 4. The number of hydrogen-bond acceptors (Lipinski definition) is 7. The van der Waals surface area contributed by atoms with Crippen LogP contribution in [0.2, 0.25) is 0 Å². The number of thiophene rings is 1. The molecule has 146 valence electrons. The first-order valence-corrected chi connectivity index (χ1v) is 12.1. The predicted molar refractivity (Wildman–Crippen MR) is 101 cm³/mol. The molecule has 2 atom stereocenters. The normalized spacial score (nSPS) is 21.4. The molecule has 2 N–H and O–H groups in total. The van der Waals surface area contributed by atoms with E-state index in [-0.39, 0.29) is 26.4 Å². The van der Waals surface area contributed by atoms with Crippen molar-refractivity contribution in [1.29, 1.82) is 0 Å². The van der Waals surface area contributed by atoms with Gasteiger partial charge in [-0.25, -0.2) is 22.0 Å². The van der Waals surface area contributed by atoms with E-state index in [0.717, 1.165) is 0 Å². The summed E-state index contributed by atoms with van der Waals surface area (Å²) in [7, 11) is -7.73. The van der Waals surface area contributed by atoms with Crippen LogP contribution in [0.15, 0.2) is 38.9 Å². The van der Waals surface area contributed by atoms with E-state index in [1.807, 2.05) is 0 Å². The second kappa shape index (κ2) is 6.97. The van der Waals surface area contributed by atoms with E-state index in [0.29, 0.717) is 23.4 Å². The molecule has 0 fully saturated rings. The Morgan fingerprint density at radius 3 is 2.67 bits per heavy atom. The van der Waals surface area contributed by atoms with Crippen molar-refractivity contribution in [2.24, 2.45) is 5.14 Å². The standard InChI is InChI=1S/C16H19N3O5S3/c1-3-19(15(20)12-6-4-5-7-18-12)13-8-10(2)26(21,22)16-11(13)9-14(25-16)27(17,23)24/h4-7,9-10,13H,3,8H2,1-2H3,(H2,17,23,24). The van der Waals surface area contributed by atoms with Gasteiger partial charge >= 0.3 is 0 Å². The minimum atomic E-state index is -4.05. The van der Waals surface area contributed by atoms with Gasteiger partial charge in [0.15, 0.2) is 9.84 Å². The summed E-state index contributed by atoms with van der Waals surface area (Å²) < 4.78 is 48.6. The summed E-state index contributed by atoms with van der Waals surface area (Å²) >= 11 is 0.638. The molecule has 0 saturated heterocycles. The highest BCUT2D eigenvalue weighted by Crippen LogP contribution is 2.45. The van der Waals surface area contributed by atoms with E-state index in [4.69, 9.17) is 5.14 Å². The van der Waals surface area contributed by atoms with Gasteiger partial charge in [-0.05, 0) is 38.5 Å². The summed E-state index contributed by atoms with van der Waals surface area (Å²) in [5.41, 5.74) is 0.539. The molecule has 0 bridgehead atoms. The SMILES string of the molecule is CCN(C(=O)c1ccccn1)C1CC(C)S(=O)(=O)c2sc(S(N)(=O)=O)cc21. The van der Waals surface area contributed by atoms with Gasteiger partial charge in [0.2, 0.25) is 10.0 Å². The molecular formula is C16H19N3O5S3. The van der Waals surface area contributed by atoms with Gasteiger partial charge in [0.25, 0.3) is 5.91 Å². The molecule has 3 heterocycles. The first-order chi connectivity index (χ1) is 12.6. The van der Waals surface area contributed by atoms with Crippen molar-refractivity contribution in [1.82, 2.24) is 9.88 Å². The lowest BCUT2D eigenvalue weighted by molar-refractivity contribution is 0.0667. The Hall–Kier alpha value is -1.82. The summed E-state index contributed by atoms with van der Waals surface area (Å²) in [4.78, 5) is 18.5. The fourth-order valence-corrected chi connectivity index (χ4v) is 7.55. The number of carbonyl (C=O) groups is 1. The van der Waals surface area contributed by atoms with Crippen molar-refractivity contribution in [2.45, 2.75) is 40.0 Å². The number of sulfonamides is 1. The van der Waals surface area contributed by atoms with Gasteiger partial charge in [-0.1, -0.05) is 6.07 Å². The fraction of sp³-hybridized carbons (Fsp3) is 0.375. The second-order valence-corrected chi connectivity index (χ2v) is 11.7. The van der Waals surface area contributed by atoms with Crippen molar-refractivity contribution in [2.75, 3.05) is 6.54 Å². The molecule has 2 aromatic heterocycles. The molecule has 1 amide bonds. The number of hydrogen-bond donors (Lipinski definition) is 1. The van der Waals surface area contributed by atoms with Gasteiger partial charge in [0, 0.05) is 18.3 Å². The molecule has 0 saturated carbocycles. The van der Waals surface area contributed by atoms with Crippen LogP contribution in [0.1, 0.15) is 42.4 Å². The monoisotopic (exact) mass is 429 g/mol. The Labute approximate surface area is 162 Å². The lowest BCUT2D eigenvalue weighted by Gasteiger charge is -2.35. The lowest BCUT2D eigenvalue weighted by atomic mass is 10.0. The van der Waals surface area contributed by atoms with E-state index in [1.165, 1.54) is 17.2 Å². The van der Waals surface area contributed by atoms with Crippen molar-refractivity contribution in [3.05, 3.63) is 41.7 Å². The van der Waals surface area contributed by atoms with Crippen LogP contribution in [-0.2, 0) is 19.9 Å². The second-order valence-electron chi connectivity index (χ2n) is 6.27. The van der Waals surface area contributed by atoms with Gasteiger partial charge in [-0.2, -0.15) is 0 Å². The van der Waals surface area contributed by atoms with Gasteiger partial charge in [0.05, 0.1) is 11.3 Å². The smallest absolute Gasteiger partial charge is 0.272 e. The van der Waals surface area contributed by atoms with Crippen LogP contribution in [0.5, 0.6) is 0 Å². The van der Waals surface area contributed by atoms with Crippen LogP contribution in [0.4, 0.5) is 0 Å². The largest absolute Gasteiger partial charge is 0.330 e. The highest BCUT2D eigenvalue weighted by Gasteiger charge is 2.42. The summed E-state index contributed by atoms with van der Waals surface area (Å²) in [6, 6.07) is 5.66.